The fraction of sp³-hybridized carbons (Fsp3) is 0.769. The minimum atomic E-state index is 0.295. The van der Waals surface area contributed by atoms with E-state index in [-0.39, 0.29) is 0 Å². The predicted octanol–water partition coefficient (Wildman–Crippen LogP) is 2.03. The SMILES string of the molecule is CCCNC(c1cnn(C)c1)C1CCCCO1. The van der Waals surface area contributed by atoms with Crippen molar-refractivity contribution in [3.05, 3.63) is 18.0 Å². The maximum atomic E-state index is 5.90. The van der Waals surface area contributed by atoms with E-state index in [9.17, 15) is 0 Å². The van der Waals surface area contributed by atoms with Gasteiger partial charge in [-0.2, -0.15) is 5.10 Å². The van der Waals surface area contributed by atoms with Crippen LogP contribution in [0.2, 0.25) is 0 Å². The number of hydrogen-bond donors (Lipinski definition) is 1. The first-order chi connectivity index (χ1) is 8.31. The van der Waals surface area contributed by atoms with Crippen LogP contribution in [0.3, 0.4) is 0 Å². The number of nitrogens with one attached hydrogen (secondary N) is 1. The van der Waals surface area contributed by atoms with Gasteiger partial charge in [-0.1, -0.05) is 6.92 Å². The van der Waals surface area contributed by atoms with Gasteiger partial charge in [0, 0.05) is 25.4 Å². The maximum absolute atomic E-state index is 5.90. The molecule has 0 radical (unpaired) electrons. The second-order valence-corrected chi connectivity index (χ2v) is 4.78. The van der Waals surface area contributed by atoms with E-state index in [1.807, 2.05) is 17.9 Å². The zero-order valence-corrected chi connectivity index (χ0v) is 10.9. The maximum Gasteiger partial charge on any atom is 0.0770 e. The third-order valence-corrected chi connectivity index (χ3v) is 3.28. The number of ether oxygens (including phenoxy) is 1. The summed E-state index contributed by atoms with van der Waals surface area (Å²) in [7, 11) is 1.96. The lowest BCUT2D eigenvalue weighted by Gasteiger charge is -2.30. The van der Waals surface area contributed by atoms with Crippen LogP contribution in [0.25, 0.3) is 0 Å². The Balaban J connectivity index is 2.06. The van der Waals surface area contributed by atoms with E-state index < -0.39 is 0 Å². The summed E-state index contributed by atoms with van der Waals surface area (Å²) in [4.78, 5) is 0. The quantitative estimate of drug-likeness (QED) is 0.851. The van der Waals surface area contributed by atoms with Gasteiger partial charge in [-0.15, -0.1) is 0 Å². The predicted molar refractivity (Wildman–Crippen MR) is 67.8 cm³/mol. The van der Waals surface area contributed by atoms with Gasteiger partial charge in [0.2, 0.25) is 0 Å². The van der Waals surface area contributed by atoms with E-state index in [1.54, 1.807) is 0 Å². The van der Waals surface area contributed by atoms with Crippen molar-refractivity contribution in [1.82, 2.24) is 15.1 Å². The summed E-state index contributed by atoms with van der Waals surface area (Å²) in [6.07, 6.45) is 9.11. The monoisotopic (exact) mass is 237 g/mol. The van der Waals surface area contributed by atoms with Crippen LogP contribution in [-0.4, -0.2) is 29.0 Å². The van der Waals surface area contributed by atoms with Crippen molar-refractivity contribution < 1.29 is 4.74 Å². The molecular formula is C13H23N3O. The van der Waals surface area contributed by atoms with Crippen LogP contribution in [0.15, 0.2) is 12.4 Å². The van der Waals surface area contributed by atoms with Gasteiger partial charge in [-0.25, -0.2) is 0 Å². The third kappa shape index (κ3) is 3.30. The topological polar surface area (TPSA) is 39.1 Å². The number of nitrogens with zero attached hydrogens (tertiary/aromatic N) is 2. The molecule has 0 bridgehead atoms. The summed E-state index contributed by atoms with van der Waals surface area (Å²) < 4.78 is 7.76. The molecule has 4 heteroatoms. The van der Waals surface area contributed by atoms with Crippen molar-refractivity contribution in [3.63, 3.8) is 0 Å². The zero-order chi connectivity index (χ0) is 12.1. The number of aryl methyl sites for hydroxylation is 1. The molecule has 17 heavy (non-hydrogen) atoms. The lowest BCUT2D eigenvalue weighted by atomic mass is 9.98. The van der Waals surface area contributed by atoms with Gasteiger partial charge in [0.05, 0.1) is 18.3 Å². The van der Waals surface area contributed by atoms with E-state index >= 15 is 0 Å². The Labute approximate surface area is 103 Å². The molecule has 0 aromatic carbocycles. The molecule has 1 N–H and O–H groups in total. The van der Waals surface area contributed by atoms with E-state index in [0.717, 1.165) is 26.0 Å². The average Bonchev–Trinajstić information content (AvgIpc) is 2.78. The largest absolute Gasteiger partial charge is 0.376 e. The summed E-state index contributed by atoms with van der Waals surface area (Å²) in [5, 5.41) is 7.85. The van der Waals surface area contributed by atoms with E-state index in [0.29, 0.717) is 12.1 Å². The van der Waals surface area contributed by atoms with E-state index in [4.69, 9.17) is 4.74 Å². The molecule has 1 fully saturated rings. The highest BCUT2D eigenvalue weighted by Crippen LogP contribution is 2.26. The molecule has 1 aliphatic heterocycles. The zero-order valence-electron chi connectivity index (χ0n) is 10.9. The Morgan fingerprint density at radius 3 is 3.06 bits per heavy atom. The minimum absolute atomic E-state index is 0.295. The van der Waals surface area contributed by atoms with Crippen LogP contribution >= 0.6 is 0 Å². The van der Waals surface area contributed by atoms with Crippen molar-refractivity contribution in [3.8, 4) is 0 Å². The lowest BCUT2D eigenvalue weighted by molar-refractivity contribution is -0.00816. The number of hydrogen-bond acceptors (Lipinski definition) is 3. The molecular weight excluding hydrogens is 214 g/mol. The molecule has 0 spiro atoms. The normalized spacial score (nSPS) is 22.6. The van der Waals surface area contributed by atoms with Gasteiger partial charge in [0.25, 0.3) is 0 Å². The summed E-state index contributed by atoms with van der Waals surface area (Å²) in [6.45, 7) is 4.11. The first kappa shape index (κ1) is 12.6. The lowest BCUT2D eigenvalue weighted by Crippen LogP contribution is -2.36. The smallest absolute Gasteiger partial charge is 0.0770 e. The minimum Gasteiger partial charge on any atom is -0.376 e. The van der Waals surface area contributed by atoms with Crippen molar-refractivity contribution in [2.24, 2.45) is 7.05 Å². The van der Waals surface area contributed by atoms with Gasteiger partial charge in [0.15, 0.2) is 0 Å². The second-order valence-electron chi connectivity index (χ2n) is 4.78. The van der Waals surface area contributed by atoms with Crippen LogP contribution in [0.5, 0.6) is 0 Å². The molecule has 4 nitrogen and oxygen atoms in total. The summed E-state index contributed by atoms with van der Waals surface area (Å²) in [6, 6.07) is 0.295. The molecule has 0 saturated carbocycles. The highest BCUT2D eigenvalue weighted by molar-refractivity contribution is 5.12. The molecule has 2 atom stereocenters. The second kappa shape index (κ2) is 6.17. The van der Waals surface area contributed by atoms with Gasteiger partial charge in [0.1, 0.15) is 0 Å². The molecule has 0 aliphatic carbocycles. The molecule has 1 aromatic rings. The molecule has 1 aromatic heterocycles. The summed E-state index contributed by atoms with van der Waals surface area (Å²) in [5.41, 5.74) is 1.24. The third-order valence-electron chi connectivity index (χ3n) is 3.28. The molecule has 2 unspecified atom stereocenters. The molecule has 1 saturated heterocycles. The van der Waals surface area contributed by atoms with Crippen LogP contribution in [0.4, 0.5) is 0 Å². The fourth-order valence-electron chi connectivity index (χ4n) is 2.39. The van der Waals surface area contributed by atoms with Gasteiger partial charge < -0.3 is 10.1 Å². The molecule has 0 amide bonds. The molecule has 96 valence electrons. The van der Waals surface area contributed by atoms with Crippen molar-refractivity contribution in [1.29, 1.82) is 0 Å². The Morgan fingerprint density at radius 2 is 2.47 bits per heavy atom. The Kier molecular flexibility index (Phi) is 4.57. The molecule has 2 rings (SSSR count). The Hall–Kier alpha value is -0.870. The van der Waals surface area contributed by atoms with Gasteiger partial charge in [-0.3, -0.25) is 4.68 Å². The van der Waals surface area contributed by atoms with Gasteiger partial charge >= 0.3 is 0 Å². The van der Waals surface area contributed by atoms with Crippen molar-refractivity contribution in [2.45, 2.75) is 44.8 Å². The fourth-order valence-corrected chi connectivity index (χ4v) is 2.39. The van der Waals surface area contributed by atoms with Crippen LogP contribution in [0.1, 0.15) is 44.2 Å². The average molecular weight is 237 g/mol. The highest BCUT2D eigenvalue weighted by Gasteiger charge is 2.26. The molecule has 2 heterocycles. The van der Waals surface area contributed by atoms with Crippen molar-refractivity contribution >= 4 is 0 Å². The van der Waals surface area contributed by atoms with Crippen LogP contribution < -0.4 is 5.32 Å². The number of rotatable bonds is 5. The first-order valence-electron chi connectivity index (χ1n) is 6.64. The van der Waals surface area contributed by atoms with Crippen LogP contribution in [0, 0.1) is 0 Å². The summed E-state index contributed by atoms with van der Waals surface area (Å²) in [5.74, 6) is 0. The first-order valence-corrected chi connectivity index (χ1v) is 6.64. The van der Waals surface area contributed by atoms with E-state index in [1.165, 1.54) is 18.4 Å². The standard InChI is InChI=1S/C13H23N3O/c1-3-7-14-13(11-9-15-16(2)10-11)12-6-4-5-8-17-12/h9-10,12-14H,3-8H2,1-2H3. The summed E-state index contributed by atoms with van der Waals surface area (Å²) >= 11 is 0. The van der Waals surface area contributed by atoms with E-state index in [2.05, 4.69) is 23.5 Å². The van der Waals surface area contributed by atoms with Gasteiger partial charge in [-0.05, 0) is 32.2 Å². The Morgan fingerprint density at radius 1 is 1.59 bits per heavy atom. The van der Waals surface area contributed by atoms with Crippen LogP contribution in [-0.2, 0) is 11.8 Å². The Bertz CT molecular complexity index is 331. The highest BCUT2D eigenvalue weighted by atomic mass is 16.5. The van der Waals surface area contributed by atoms with Crippen molar-refractivity contribution in [2.75, 3.05) is 13.2 Å². The molecule has 1 aliphatic rings. The number of aromatic nitrogens is 2.